The molecular weight excluding hydrogens is 344 g/mol. The summed E-state index contributed by atoms with van der Waals surface area (Å²) in [6, 6.07) is 13.9. The van der Waals surface area contributed by atoms with Gasteiger partial charge in [-0.2, -0.15) is 4.98 Å². The second-order valence-corrected chi connectivity index (χ2v) is 8.02. The van der Waals surface area contributed by atoms with Gasteiger partial charge in [0.05, 0.1) is 11.4 Å². The summed E-state index contributed by atoms with van der Waals surface area (Å²) in [7, 11) is 4.01. The Morgan fingerprint density at radius 1 is 1.12 bits per heavy atom. The normalized spacial score (nSPS) is 14.3. The number of nitrogens with zero attached hydrogens (tertiary/aromatic N) is 4. The topological polar surface area (TPSA) is 57.0 Å². The largest absolute Gasteiger partial charge is 0.609 e. The molecule has 4 rings (SSSR count). The van der Waals surface area contributed by atoms with Crippen molar-refractivity contribution in [2.45, 2.75) is 30.2 Å². The van der Waals surface area contributed by atoms with Crippen LogP contribution in [-0.2, 0) is 29.8 Å². The van der Waals surface area contributed by atoms with Gasteiger partial charge in [-0.05, 0) is 37.5 Å². The van der Waals surface area contributed by atoms with Crippen molar-refractivity contribution in [2.24, 2.45) is 0 Å². The van der Waals surface area contributed by atoms with E-state index in [4.69, 9.17) is 4.98 Å². The predicted octanol–water partition coefficient (Wildman–Crippen LogP) is 3.13. The SMILES string of the molecule is CN(C)c1ccccc1C[S+]([O-])c1nc2c(n1-c1ccccn1)CCC2. The molecule has 0 spiro atoms. The predicted molar refractivity (Wildman–Crippen MR) is 104 cm³/mol. The quantitative estimate of drug-likeness (QED) is 0.651. The maximum absolute atomic E-state index is 13.3. The van der Waals surface area contributed by atoms with Gasteiger partial charge in [0.2, 0.25) is 0 Å². The van der Waals surface area contributed by atoms with E-state index in [9.17, 15) is 4.55 Å². The van der Waals surface area contributed by atoms with Crippen molar-refractivity contribution < 1.29 is 4.55 Å². The van der Waals surface area contributed by atoms with Crippen LogP contribution < -0.4 is 4.90 Å². The Balaban J connectivity index is 1.73. The minimum atomic E-state index is -1.25. The summed E-state index contributed by atoms with van der Waals surface area (Å²) in [6.45, 7) is 0. The number of aromatic nitrogens is 3. The van der Waals surface area contributed by atoms with Gasteiger partial charge >= 0.3 is 5.16 Å². The van der Waals surface area contributed by atoms with Crippen LogP contribution in [0, 0.1) is 0 Å². The summed E-state index contributed by atoms with van der Waals surface area (Å²) in [5.41, 5.74) is 4.38. The van der Waals surface area contributed by atoms with Crippen LogP contribution in [0.3, 0.4) is 0 Å². The lowest BCUT2D eigenvalue weighted by Crippen LogP contribution is -2.17. The zero-order valence-electron chi connectivity index (χ0n) is 15.1. The molecule has 0 bridgehead atoms. The Bertz CT molecular complexity index is 907. The number of aryl methyl sites for hydroxylation is 1. The molecule has 0 radical (unpaired) electrons. The second-order valence-electron chi connectivity index (χ2n) is 6.68. The maximum atomic E-state index is 13.3. The van der Waals surface area contributed by atoms with Gasteiger partial charge in [-0.15, -0.1) is 0 Å². The third-order valence-corrected chi connectivity index (χ3v) is 5.95. The van der Waals surface area contributed by atoms with Crippen LogP contribution in [0.4, 0.5) is 5.69 Å². The van der Waals surface area contributed by atoms with E-state index in [-0.39, 0.29) is 0 Å². The fraction of sp³-hybridized carbons (Fsp3) is 0.300. The molecule has 0 saturated carbocycles. The number of pyridine rings is 1. The van der Waals surface area contributed by atoms with E-state index in [1.807, 2.05) is 55.1 Å². The summed E-state index contributed by atoms with van der Waals surface area (Å²) < 4.78 is 15.3. The number of anilines is 1. The van der Waals surface area contributed by atoms with Gasteiger partial charge in [0.1, 0.15) is 11.6 Å². The van der Waals surface area contributed by atoms with E-state index >= 15 is 0 Å². The number of rotatable bonds is 5. The molecule has 1 aliphatic rings. The highest BCUT2D eigenvalue weighted by atomic mass is 32.2. The molecule has 0 fully saturated rings. The summed E-state index contributed by atoms with van der Waals surface area (Å²) in [5.74, 6) is 1.24. The summed E-state index contributed by atoms with van der Waals surface area (Å²) in [6.07, 6.45) is 4.78. The second kappa shape index (κ2) is 7.13. The number of benzene rings is 1. The third-order valence-electron chi connectivity index (χ3n) is 4.69. The van der Waals surface area contributed by atoms with E-state index in [0.29, 0.717) is 10.9 Å². The first-order chi connectivity index (χ1) is 12.6. The van der Waals surface area contributed by atoms with E-state index in [1.165, 1.54) is 0 Å². The molecule has 1 aliphatic carbocycles. The molecule has 0 aliphatic heterocycles. The highest BCUT2D eigenvalue weighted by Gasteiger charge is 2.30. The average molecular weight is 366 g/mol. The zero-order valence-corrected chi connectivity index (χ0v) is 15.9. The van der Waals surface area contributed by atoms with Crippen molar-refractivity contribution in [2.75, 3.05) is 19.0 Å². The van der Waals surface area contributed by atoms with Gasteiger partial charge in [0.15, 0.2) is 0 Å². The Morgan fingerprint density at radius 2 is 1.92 bits per heavy atom. The Labute approximate surface area is 156 Å². The number of imidazole rings is 1. The molecule has 0 saturated heterocycles. The zero-order chi connectivity index (χ0) is 18.1. The average Bonchev–Trinajstić information content (AvgIpc) is 3.23. The standard InChI is InChI=1S/C20H22N4OS/c1-23(2)17-10-4-3-8-15(17)14-26(25)20-22-16-9-7-11-18(16)24(20)19-12-5-6-13-21-19/h3-6,8,10,12-13H,7,9,11,14H2,1-2H3. The molecule has 134 valence electrons. The lowest BCUT2D eigenvalue weighted by Gasteiger charge is -2.18. The van der Waals surface area contributed by atoms with E-state index in [1.54, 1.807) is 6.20 Å². The maximum Gasteiger partial charge on any atom is 0.329 e. The van der Waals surface area contributed by atoms with Crippen molar-refractivity contribution in [3.63, 3.8) is 0 Å². The minimum Gasteiger partial charge on any atom is -0.609 e. The van der Waals surface area contributed by atoms with Gasteiger partial charge in [0.25, 0.3) is 0 Å². The molecule has 0 amide bonds. The van der Waals surface area contributed by atoms with Gasteiger partial charge in [0, 0.05) is 42.7 Å². The fourth-order valence-corrected chi connectivity index (χ4v) is 4.78. The van der Waals surface area contributed by atoms with Crippen molar-refractivity contribution in [3.8, 4) is 5.82 Å². The Hall–Kier alpha value is -2.31. The van der Waals surface area contributed by atoms with Gasteiger partial charge in [-0.3, -0.25) is 0 Å². The van der Waals surface area contributed by atoms with Crippen LogP contribution in [0.1, 0.15) is 23.4 Å². The van der Waals surface area contributed by atoms with Gasteiger partial charge < -0.3 is 9.45 Å². The molecule has 3 aromatic rings. The number of hydrogen-bond donors (Lipinski definition) is 0. The fourth-order valence-electron chi connectivity index (χ4n) is 3.50. The first-order valence-corrected chi connectivity index (χ1v) is 10.1. The number of fused-ring (bicyclic) bond motifs is 1. The third kappa shape index (κ3) is 3.10. The van der Waals surface area contributed by atoms with Crippen molar-refractivity contribution in [1.82, 2.24) is 14.5 Å². The minimum absolute atomic E-state index is 0.442. The van der Waals surface area contributed by atoms with E-state index in [0.717, 1.165) is 47.7 Å². The molecule has 1 atom stereocenters. The summed E-state index contributed by atoms with van der Waals surface area (Å²) >= 11 is -1.25. The van der Waals surface area contributed by atoms with E-state index < -0.39 is 11.2 Å². The molecule has 26 heavy (non-hydrogen) atoms. The van der Waals surface area contributed by atoms with Crippen molar-refractivity contribution in [3.05, 3.63) is 65.6 Å². The van der Waals surface area contributed by atoms with Crippen molar-refractivity contribution in [1.29, 1.82) is 0 Å². The first-order valence-electron chi connectivity index (χ1n) is 8.80. The molecule has 2 aromatic heterocycles. The van der Waals surface area contributed by atoms with Crippen LogP contribution in [0.5, 0.6) is 0 Å². The Morgan fingerprint density at radius 3 is 2.69 bits per heavy atom. The lowest BCUT2D eigenvalue weighted by molar-refractivity contribution is 0.579. The van der Waals surface area contributed by atoms with Crippen LogP contribution >= 0.6 is 0 Å². The summed E-state index contributed by atoms with van der Waals surface area (Å²) in [5, 5.41) is 0.613. The highest BCUT2D eigenvalue weighted by Crippen LogP contribution is 2.30. The number of hydrogen-bond acceptors (Lipinski definition) is 4. The van der Waals surface area contributed by atoms with Crippen LogP contribution in [0.15, 0.2) is 53.8 Å². The molecular formula is C20H22N4OS. The van der Waals surface area contributed by atoms with Crippen LogP contribution in [0.25, 0.3) is 5.82 Å². The lowest BCUT2D eigenvalue weighted by atomic mass is 10.2. The van der Waals surface area contributed by atoms with Gasteiger partial charge in [-0.1, -0.05) is 24.3 Å². The monoisotopic (exact) mass is 366 g/mol. The van der Waals surface area contributed by atoms with Gasteiger partial charge in [-0.25, -0.2) is 9.55 Å². The van der Waals surface area contributed by atoms with Crippen molar-refractivity contribution >= 4 is 16.9 Å². The molecule has 2 heterocycles. The first kappa shape index (κ1) is 17.1. The number of para-hydroxylation sites is 1. The Kier molecular flexibility index (Phi) is 4.70. The summed E-state index contributed by atoms with van der Waals surface area (Å²) in [4.78, 5) is 11.3. The molecule has 1 unspecified atom stereocenters. The van der Waals surface area contributed by atoms with E-state index in [2.05, 4.69) is 16.0 Å². The van der Waals surface area contributed by atoms with Crippen LogP contribution in [0.2, 0.25) is 0 Å². The van der Waals surface area contributed by atoms with Crippen LogP contribution in [-0.4, -0.2) is 33.2 Å². The molecule has 6 heteroatoms. The molecule has 0 N–H and O–H groups in total. The molecule has 1 aromatic carbocycles. The smallest absolute Gasteiger partial charge is 0.329 e. The highest BCUT2D eigenvalue weighted by molar-refractivity contribution is 7.90. The molecule has 5 nitrogen and oxygen atoms in total.